The minimum atomic E-state index is 0.0557. The zero-order valence-corrected chi connectivity index (χ0v) is 16.5. The van der Waals surface area contributed by atoms with Gasteiger partial charge in [0.1, 0.15) is 11.4 Å². The molecule has 4 heteroatoms. The first-order valence-corrected chi connectivity index (χ1v) is 10.4. The van der Waals surface area contributed by atoms with E-state index in [1.165, 1.54) is 16.7 Å². The molecule has 1 fully saturated rings. The summed E-state index contributed by atoms with van der Waals surface area (Å²) < 4.78 is 8.49. The highest BCUT2D eigenvalue weighted by molar-refractivity contribution is 5.68. The third-order valence-electron chi connectivity index (χ3n) is 6.40. The van der Waals surface area contributed by atoms with Crippen molar-refractivity contribution in [1.29, 1.82) is 0 Å². The summed E-state index contributed by atoms with van der Waals surface area (Å²) in [5, 5.41) is 4.34. The van der Waals surface area contributed by atoms with Crippen LogP contribution in [-0.2, 0) is 6.42 Å². The number of hydrogen-bond acceptors (Lipinski definition) is 3. The van der Waals surface area contributed by atoms with Gasteiger partial charge in [-0.15, -0.1) is 0 Å². The highest BCUT2D eigenvalue weighted by Gasteiger charge is 2.39. The molecule has 0 aliphatic carbocycles. The van der Waals surface area contributed by atoms with E-state index in [2.05, 4.69) is 59.4 Å². The lowest BCUT2D eigenvalue weighted by atomic mass is 9.82. The quantitative estimate of drug-likeness (QED) is 0.665. The minimum absolute atomic E-state index is 0.0557. The van der Waals surface area contributed by atoms with Gasteiger partial charge in [-0.25, -0.2) is 4.68 Å². The van der Waals surface area contributed by atoms with Crippen LogP contribution in [0.3, 0.4) is 0 Å². The Morgan fingerprint density at radius 1 is 1.00 bits per heavy atom. The van der Waals surface area contributed by atoms with Crippen LogP contribution >= 0.6 is 0 Å². The van der Waals surface area contributed by atoms with Gasteiger partial charge in [-0.3, -0.25) is 0 Å². The molecule has 3 aromatic rings. The third kappa shape index (κ3) is 3.22. The molecule has 2 aliphatic rings. The predicted molar refractivity (Wildman–Crippen MR) is 112 cm³/mol. The van der Waals surface area contributed by atoms with Crippen LogP contribution in [0.1, 0.15) is 31.7 Å². The molecule has 144 valence electrons. The number of aromatic nitrogens is 2. The molecule has 0 amide bonds. The predicted octanol–water partition coefficient (Wildman–Crippen LogP) is 4.72. The number of nitrogens with zero attached hydrogens (tertiary/aromatic N) is 3. The van der Waals surface area contributed by atoms with Gasteiger partial charge in [0.05, 0.1) is 5.69 Å². The first-order valence-electron chi connectivity index (χ1n) is 10.4. The maximum Gasteiger partial charge on any atom is 0.123 e. The lowest BCUT2D eigenvalue weighted by molar-refractivity contribution is -0.0132. The average molecular weight is 374 g/mol. The molecule has 1 aromatic heterocycles. The van der Waals surface area contributed by atoms with Gasteiger partial charge in [0, 0.05) is 25.5 Å². The summed E-state index contributed by atoms with van der Waals surface area (Å²) in [4.78, 5) is 2.53. The lowest BCUT2D eigenvalue weighted by Crippen LogP contribution is -2.49. The Kier molecular flexibility index (Phi) is 4.44. The summed E-state index contributed by atoms with van der Waals surface area (Å²) in [7, 11) is 0. The van der Waals surface area contributed by atoms with E-state index >= 15 is 0 Å². The molecule has 0 saturated carbocycles. The van der Waals surface area contributed by atoms with Crippen molar-refractivity contribution in [2.45, 2.75) is 38.2 Å². The summed E-state index contributed by atoms with van der Waals surface area (Å²) in [5.41, 5.74) is 4.93. The van der Waals surface area contributed by atoms with Crippen molar-refractivity contribution < 1.29 is 4.74 Å². The number of ether oxygens (including phenoxy) is 1. The summed E-state index contributed by atoms with van der Waals surface area (Å²) >= 11 is 0. The van der Waals surface area contributed by atoms with Crippen LogP contribution in [0.4, 0.5) is 0 Å². The van der Waals surface area contributed by atoms with Gasteiger partial charge < -0.3 is 9.64 Å². The van der Waals surface area contributed by atoms with E-state index in [1.54, 1.807) is 0 Å². The maximum absolute atomic E-state index is 6.59. The second kappa shape index (κ2) is 7.10. The Morgan fingerprint density at radius 2 is 1.86 bits per heavy atom. The Morgan fingerprint density at radius 3 is 2.64 bits per heavy atom. The molecule has 1 saturated heterocycles. The van der Waals surface area contributed by atoms with Crippen LogP contribution in [0.25, 0.3) is 16.8 Å². The molecule has 2 aromatic carbocycles. The molecule has 4 nitrogen and oxygen atoms in total. The monoisotopic (exact) mass is 373 g/mol. The van der Waals surface area contributed by atoms with Crippen molar-refractivity contribution >= 4 is 0 Å². The fourth-order valence-corrected chi connectivity index (χ4v) is 4.58. The lowest BCUT2D eigenvalue weighted by Gasteiger charge is -2.44. The van der Waals surface area contributed by atoms with Crippen molar-refractivity contribution in [3.8, 4) is 22.6 Å². The molecule has 0 unspecified atom stereocenters. The molecule has 0 N–H and O–H groups in total. The topological polar surface area (TPSA) is 30.3 Å². The molecular weight excluding hydrogens is 346 g/mol. The van der Waals surface area contributed by atoms with Crippen LogP contribution < -0.4 is 4.74 Å². The summed E-state index contributed by atoms with van der Waals surface area (Å²) in [6.45, 7) is 5.71. The highest BCUT2D eigenvalue weighted by atomic mass is 16.5. The largest absolute Gasteiger partial charge is 0.487 e. The fraction of sp³-hybridized carbons (Fsp3) is 0.375. The standard InChI is InChI=1S/C24H27N3O/c1-2-26-15-11-24(12-16-26)10-9-21-17-20(7-8-23(21)28-24)19-5-3-6-22(18-19)27-14-4-13-25-27/h3-8,13-14,17-18H,2,9-12,15-16H2,1H3. The van der Waals surface area contributed by atoms with Crippen molar-refractivity contribution in [2.75, 3.05) is 19.6 Å². The van der Waals surface area contributed by atoms with E-state index in [0.717, 1.165) is 56.8 Å². The normalized spacial score (nSPS) is 18.6. The fourth-order valence-electron chi connectivity index (χ4n) is 4.58. The van der Waals surface area contributed by atoms with Crippen LogP contribution in [0.5, 0.6) is 5.75 Å². The Hall–Kier alpha value is -2.59. The van der Waals surface area contributed by atoms with Crippen molar-refractivity contribution in [3.05, 3.63) is 66.5 Å². The van der Waals surface area contributed by atoms with E-state index in [4.69, 9.17) is 4.74 Å². The minimum Gasteiger partial charge on any atom is -0.487 e. The SMILES string of the molecule is CCN1CCC2(CCc3cc(-c4cccc(-n5cccn5)c4)ccc3O2)CC1. The summed E-state index contributed by atoms with van der Waals surface area (Å²) in [5.74, 6) is 1.09. The van der Waals surface area contributed by atoms with Gasteiger partial charge in [-0.05, 0) is 79.3 Å². The smallest absolute Gasteiger partial charge is 0.123 e. The molecule has 2 aliphatic heterocycles. The van der Waals surface area contributed by atoms with Crippen LogP contribution in [0.2, 0.25) is 0 Å². The number of likely N-dealkylation sites (tertiary alicyclic amines) is 1. The third-order valence-corrected chi connectivity index (χ3v) is 6.40. The molecule has 0 bridgehead atoms. The van der Waals surface area contributed by atoms with Gasteiger partial charge in [0.2, 0.25) is 0 Å². The first kappa shape index (κ1) is 17.5. The molecule has 1 spiro atoms. The first-order chi connectivity index (χ1) is 13.7. The average Bonchev–Trinajstić information content (AvgIpc) is 3.29. The number of hydrogen-bond donors (Lipinski definition) is 0. The van der Waals surface area contributed by atoms with E-state index in [0.29, 0.717) is 0 Å². The van der Waals surface area contributed by atoms with Gasteiger partial charge in [0.15, 0.2) is 0 Å². The summed E-state index contributed by atoms with van der Waals surface area (Å²) in [6, 6.07) is 17.2. The molecule has 0 atom stereocenters. The van der Waals surface area contributed by atoms with Crippen molar-refractivity contribution in [2.24, 2.45) is 0 Å². The number of rotatable bonds is 3. The zero-order chi connectivity index (χ0) is 19.0. The molecule has 28 heavy (non-hydrogen) atoms. The van der Waals surface area contributed by atoms with E-state index in [9.17, 15) is 0 Å². The molecular formula is C24H27N3O. The number of fused-ring (bicyclic) bond motifs is 1. The van der Waals surface area contributed by atoms with Gasteiger partial charge in [0.25, 0.3) is 0 Å². The van der Waals surface area contributed by atoms with Crippen LogP contribution in [-0.4, -0.2) is 39.9 Å². The zero-order valence-electron chi connectivity index (χ0n) is 16.5. The van der Waals surface area contributed by atoms with E-state index in [-0.39, 0.29) is 5.60 Å². The van der Waals surface area contributed by atoms with Gasteiger partial charge >= 0.3 is 0 Å². The second-order valence-corrected chi connectivity index (χ2v) is 8.04. The summed E-state index contributed by atoms with van der Waals surface area (Å²) in [6.07, 6.45) is 8.32. The maximum atomic E-state index is 6.59. The number of aryl methyl sites for hydroxylation is 1. The van der Waals surface area contributed by atoms with Gasteiger partial charge in [-0.2, -0.15) is 5.10 Å². The van der Waals surface area contributed by atoms with E-state index < -0.39 is 0 Å². The second-order valence-electron chi connectivity index (χ2n) is 8.04. The Labute approximate surface area is 166 Å². The molecule has 0 radical (unpaired) electrons. The van der Waals surface area contributed by atoms with Crippen molar-refractivity contribution in [3.63, 3.8) is 0 Å². The molecule has 5 rings (SSSR count). The Balaban J connectivity index is 1.39. The van der Waals surface area contributed by atoms with E-state index in [1.807, 2.05) is 23.1 Å². The van der Waals surface area contributed by atoms with Crippen LogP contribution in [0.15, 0.2) is 60.9 Å². The van der Waals surface area contributed by atoms with Gasteiger partial charge in [-0.1, -0.05) is 25.1 Å². The Bertz CT molecular complexity index is 956. The van der Waals surface area contributed by atoms with Crippen LogP contribution in [0, 0.1) is 0 Å². The van der Waals surface area contributed by atoms with Crippen molar-refractivity contribution in [1.82, 2.24) is 14.7 Å². The number of piperidine rings is 1. The highest BCUT2D eigenvalue weighted by Crippen LogP contribution is 2.40. The number of benzene rings is 2. The molecule has 3 heterocycles.